The van der Waals surface area contributed by atoms with Crippen molar-refractivity contribution in [1.82, 2.24) is 0 Å². The SMILES string of the molecule is O.O.O.O.[Mo].[Mo].[Mo].[Mo].[V]. The van der Waals surface area contributed by atoms with Gasteiger partial charge in [0.05, 0.1) is 0 Å². The third-order valence-electron chi connectivity index (χ3n) is 0. The average Bonchev–Trinajstić information content (AvgIpc) is 0. The van der Waals surface area contributed by atoms with Gasteiger partial charge in [-0.05, 0) is 0 Å². The summed E-state index contributed by atoms with van der Waals surface area (Å²) < 4.78 is 0. The molecule has 8 N–H and O–H groups in total. The quantitative estimate of drug-likeness (QED) is 0.305. The van der Waals surface area contributed by atoms with Crippen LogP contribution in [0.2, 0.25) is 0 Å². The van der Waals surface area contributed by atoms with Gasteiger partial charge in [0.15, 0.2) is 0 Å². The van der Waals surface area contributed by atoms with E-state index in [2.05, 4.69) is 0 Å². The molecule has 0 aliphatic carbocycles. The molecule has 0 bridgehead atoms. The van der Waals surface area contributed by atoms with Gasteiger partial charge in [0, 0.05) is 103 Å². The van der Waals surface area contributed by atoms with Gasteiger partial charge in [-0.2, -0.15) is 0 Å². The summed E-state index contributed by atoms with van der Waals surface area (Å²) in [6.45, 7) is 0. The second kappa shape index (κ2) is 115. The Kier molecular flexibility index (Phi) is 1920. The third kappa shape index (κ3) is 93.2. The molecule has 0 aromatic heterocycles. The van der Waals surface area contributed by atoms with Crippen LogP contribution in [0, 0.1) is 0 Å². The Bertz CT molecular complexity index is 12.5. The molecule has 0 fully saturated rings. The van der Waals surface area contributed by atoms with E-state index in [9.17, 15) is 0 Å². The molecule has 9 heteroatoms. The fourth-order valence-electron chi connectivity index (χ4n) is 0. The maximum Gasteiger partial charge on any atom is 0 e. The molecule has 4 nitrogen and oxygen atoms in total. The topological polar surface area (TPSA) is 126 Å². The standard InChI is InChI=1S/4Mo.4H2O.V/h;;;;4*1H2;. The largest absolute Gasteiger partial charge is 0.412 e. The van der Waals surface area contributed by atoms with Crippen LogP contribution in [0.3, 0.4) is 0 Å². The smallest absolute Gasteiger partial charge is 0 e. The molecule has 0 saturated heterocycles. The molecule has 0 unspecified atom stereocenters. The molecule has 0 aliphatic rings. The van der Waals surface area contributed by atoms with Gasteiger partial charge in [-0.25, -0.2) is 0 Å². The van der Waals surface area contributed by atoms with Crippen LogP contribution >= 0.6 is 0 Å². The van der Waals surface area contributed by atoms with Crippen LogP contribution in [0.4, 0.5) is 0 Å². The van der Waals surface area contributed by atoms with Crippen molar-refractivity contribution in [2.45, 2.75) is 0 Å². The number of hydrogen-bond acceptors (Lipinski definition) is 0. The van der Waals surface area contributed by atoms with Gasteiger partial charge in [-0.15, -0.1) is 0 Å². The Morgan fingerprint density at radius 2 is 0.333 bits per heavy atom. The van der Waals surface area contributed by atoms with Crippen molar-refractivity contribution in [3.8, 4) is 0 Å². The fraction of sp³-hybridized carbons (Fsp3) is 0. The van der Waals surface area contributed by atoms with Crippen LogP contribution in [0.15, 0.2) is 0 Å². The minimum atomic E-state index is 0. The molecule has 0 rings (SSSR count). The van der Waals surface area contributed by atoms with Gasteiger partial charge < -0.3 is 21.9 Å². The van der Waals surface area contributed by atoms with Crippen LogP contribution in [0.1, 0.15) is 0 Å². The van der Waals surface area contributed by atoms with E-state index in [0.29, 0.717) is 0 Å². The summed E-state index contributed by atoms with van der Waals surface area (Å²) in [6.07, 6.45) is 0. The first-order valence-corrected chi connectivity index (χ1v) is 0. The van der Waals surface area contributed by atoms with E-state index in [0.717, 1.165) is 0 Å². The first kappa shape index (κ1) is 151. The molecule has 1 radical (unpaired) electrons. The summed E-state index contributed by atoms with van der Waals surface area (Å²) in [6, 6.07) is 0. The Labute approximate surface area is 123 Å². The van der Waals surface area contributed by atoms with Crippen molar-refractivity contribution in [2.75, 3.05) is 0 Å². The maximum absolute atomic E-state index is 0. The summed E-state index contributed by atoms with van der Waals surface area (Å²) in [7, 11) is 0. The van der Waals surface area contributed by atoms with E-state index in [-0.39, 0.29) is 125 Å². The minimum Gasteiger partial charge on any atom is -0.412 e. The number of rotatable bonds is 0. The van der Waals surface area contributed by atoms with Crippen molar-refractivity contribution in [3.63, 3.8) is 0 Å². The Balaban J connectivity index is 0. The van der Waals surface area contributed by atoms with Gasteiger partial charge in [-0.3, -0.25) is 0 Å². The van der Waals surface area contributed by atoms with E-state index in [1.807, 2.05) is 0 Å². The Morgan fingerprint density at radius 3 is 0.333 bits per heavy atom. The third-order valence-corrected chi connectivity index (χ3v) is 0. The van der Waals surface area contributed by atoms with E-state index < -0.39 is 0 Å². The van der Waals surface area contributed by atoms with Crippen LogP contribution < -0.4 is 0 Å². The monoisotopic (exact) mass is 515 g/mol. The molecular formula is H8Mo4O4V. The normalized spacial score (nSPS) is 0. The minimum absolute atomic E-state index is 0. The van der Waals surface area contributed by atoms with Crippen LogP contribution in [-0.2, 0) is 103 Å². The van der Waals surface area contributed by atoms with Gasteiger partial charge in [0.2, 0.25) is 0 Å². The fourth-order valence-corrected chi connectivity index (χ4v) is 0. The molecular weight excluding hydrogens is 499 g/mol. The number of hydrogen-bond donors (Lipinski definition) is 0. The zero-order chi connectivity index (χ0) is 0. The van der Waals surface area contributed by atoms with Crippen molar-refractivity contribution >= 4 is 0 Å². The Hall–Kier alpha value is 3.18. The molecule has 9 heavy (non-hydrogen) atoms. The summed E-state index contributed by atoms with van der Waals surface area (Å²) >= 11 is 0. The van der Waals surface area contributed by atoms with Crippen molar-refractivity contribution in [3.05, 3.63) is 0 Å². The first-order chi connectivity index (χ1) is 0. The van der Waals surface area contributed by atoms with Crippen molar-refractivity contribution in [2.24, 2.45) is 0 Å². The molecule has 0 aromatic rings. The molecule has 0 aliphatic heterocycles. The van der Waals surface area contributed by atoms with Gasteiger partial charge in [0.25, 0.3) is 0 Å². The summed E-state index contributed by atoms with van der Waals surface area (Å²) in [5.41, 5.74) is 0. The zero-order valence-corrected chi connectivity index (χ0v) is 13.5. The molecule has 0 atom stereocenters. The maximum atomic E-state index is 0. The molecule has 0 aromatic carbocycles. The van der Waals surface area contributed by atoms with Crippen LogP contribution in [0.25, 0.3) is 0 Å². The van der Waals surface area contributed by atoms with Crippen molar-refractivity contribution < 1.29 is 125 Å². The second-order valence-corrected chi connectivity index (χ2v) is 0. The van der Waals surface area contributed by atoms with Gasteiger partial charge >= 0.3 is 0 Å². The molecule has 0 heterocycles. The molecule has 61 valence electrons. The summed E-state index contributed by atoms with van der Waals surface area (Å²) in [5.74, 6) is 0. The van der Waals surface area contributed by atoms with Crippen molar-refractivity contribution in [1.29, 1.82) is 0 Å². The molecule has 0 saturated carbocycles. The molecule has 0 spiro atoms. The van der Waals surface area contributed by atoms with Gasteiger partial charge in [0.1, 0.15) is 0 Å². The Morgan fingerprint density at radius 1 is 0.333 bits per heavy atom. The van der Waals surface area contributed by atoms with Crippen LogP contribution in [0.5, 0.6) is 0 Å². The summed E-state index contributed by atoms with van der Waals surface area (Å²) in [4.78, 5) is 0. The average molecular weight is 507 g/mol. The first-order valence-electron chi connectivity index (χ1n) is 0. The predicted octanol–water partition coefficient (Wildman–Crippen LogP) is -3.31. The van der Waals surface area contributed by atoms with E-state index >= 15 is 0 Å². The second-order valence-electron chi connectivity index (χ2n) is 0. The predicted molar refractivity (Wildman–Crippen MR) is 14.5 cm³/mol. The van der Waals surface area contributed by atoms with Crippen LogP contribution in [-0.4, -0.2) is 21.9 Å². The zero-order valence-electron chi connectivity index (χ0n) is 4.08. The summed E-state index contributed by atoms with van der Waals surface area (Å²) in [5, 5.41) is 0. The van der Waals surface area contributed by atoms with E-state index in [4.69, 9.17) is 0 Å². The van der Waals surface area contributed by atoms with E-state index in [1.165, 1.54) is 0 Å². The van der Waals surface area contributed by atoms with E-state index in [1.54, 1.807) is 0 Å². The molecule has 0 amide bonds. The van der Waals surface area contributed by atoms with Gasteiger partial charge in [-0.1, -0.05) is 0 Å².